The average Bonchev–Trinajstić information content (AvgIpc) is 2.52. The van der Waals surface area contributed by atoms with Gasteiger partial charge in [-0.3, -0.25) is 4.79 Å². The Kier molecular flexibility index (Phi) is 4.49. The van der Waals surface area contributed by atoms with E-state index in [0.717, 1.165) is 35.9 Å². The number of alkyl halides is 3. The molecule has 3 rings (SSSR count). The predicted octanol–water partition coefficient (Wildman–Crippen LogP) is 4.30. The van der Waals surface area contributed by atoms with Gasteiger partial charge in [0.05, 0.1) is 11.1 Å². The molecule has 1 aliphatic heterocycles. The van der Waals surface area contributed by atoms with Crippen LogP contribution in [0.25, 0.3) is 0 Å². The van der Waals surface area contributed by atoms with Gasteiger partial charge in [-0.2, -0.15) is 13.2 Å². The Balaban J connectivity index is 1.57. The molecule has 0 aliphatic carbocycles. The molecule has 1 aliphatic rings. The number of likely N-dealkylation sites (tertiary alicyclic amines) is 1. The number of rotatable bonds is 3. The molecule has 2 aromatic rings. The lowest BCUT2D eigenvalue weighted by Gasteiger charge is -2.39. The van der Waals surface area contributed by atoms with Crippen LogP contribution in [0, 0.1) is 17.6 Å². The lowest BCUT2D eigenvalue weighted by atomic mass is 9.91. The SMILES string of the molecule is O=C(c1cc(F)ccc1F)N1CC(Cc2ccc(C(F)(F)F)cc2)C1. The molecule has 0 spiro atoms. The Morgan fingerprint density at radius 2 is 1.68 bits per heavy atom. The summed E-state index contributed by atoms with van der Waals surface area (Å²) in [6.45, 7) is 0.714. The first-order chi connectivity index (χ1) is 11.7. The highest BCUT2D eigenvalue weighted by molar-refractivity contribution is 5.95. The Bertz CT molecular complexity index is 779. The van der Waals surface area contributed by atoms with Crippen molar-refractivity contribution in [1.29, 1.82) is 0 Å². The topological polar surface area (TPSA) is 20.3 Å². The molecule has 1 fully saturated rings. The van der Waals surface area contributed by atoms with E-state index in [1.165, 1.54) is 17.0 Å². The molecule has 0 bridgehead atoms. The van der Waals surface area contributed by atoms with Gasteiger partial charge in [-0.1, -0.05) is 12.1 Å². The number of carbonyl (C=O) groups excluding carboxylic acids is 1. The number of nitrogens with zero attached hydrogens (tertiary/aromatic N) is 1. The van der Waals surface area contributed by atoms with Gasteiger partial charge in [-0.05, 0) is 48.2 Å². The fraction of sp³-hybridized carbons (Fsp3) is 0.278. The van der Waals surface area contributed by atoms with E-state index in [-0.39, 0.29) is 11.5 Å². The summed E-state index contributed by atoms with van der Waals surface area (Å²) in [4.78, 5) is 13.5. The summed E-state index contributed by atoms with van der Waals surface area (Å²) in [5, 5.41) is 0. The zero-order valence-corrected chi connectivity index (χ0v) is 13.0. The fourth-order valence-corrected chi connectivity index (χ4v) is 2.86. The first-order valence-corrected chi connectivity index (χ1v) is 7.64. The van der Waals surface area contributed by atoms with Crippen LogP contribution in [-0.2, 0) is 12.6 Å². The largest absolute Gasteiger partial charge is 0.416 e. The van der Waals surface area contributed by atoms with Crippen molar-refractivity contribution in [1.82, 2.24) is 4.90 Å². The van der Waals surface area contributed by atoms with Crippen molar-refractivity contribution in [3.8, 4) is 0 Å². The van der Waals surface area contributed by atoms with Gasteiger partial charge in [0.25, 0.3) is 5.91 Å². The third-order valence-corrected chi connectivity index (χ3v) is 4.21. The Morgan fingerprint density at radius 1 is 1.04 bits per heavy atom. The van der Waals surface area contributed by atoms with Crippen LogP contribution >= 0.6 is 0 Å². The van der Waals surface area contributed by atoms with Crippen molar-refractivity contribution < 1.29 is 26.7 Å². The predicted molar refractivity (Wildman–Crippen MR) is 80.9 cm³/mol. The van der Waals surface area contributed by atoms with Gasteiger partial charge in [0.2, 0.25) is 0 Å². The van der Waals surface area contributed by atoms with E-state index in [1.807, 2.05) is 0 Å². The summed E-state index contributed by atoms with van der Waals surface area (Å²) < 4.78 is 64.3. The smallest absolute Gasteiger partial charge is 0.338 e. The van der Waals surface area contributed by atoms with Gasteiger partial charge in [0, 0.05) is 13.1 Å². The summed E-state index contributed by atoms with van der Waals surface area (Å²) in [5.41, 5.74) is -0.279. The maximum Gasteiger partial charge on any atom is 0.416 e. The van der Waals surface area contributed by atoms with Crippen molar-refractivity contribution >= 4 is 5.91 Å². The third kappa shape index (κ3) is 3.81. The maximum absolute atomic E-state index is 13.6. The number of halogens is 5. The van der Waals surface area contributed by atoms with Crippen LogP contribution in [0.3, 0.4) is 0 Å². The fourth-order valence-electron chi connectivity index (χ4n) is 2.86. The summed E-state index contributed by atoms with van der Waals surface area (Å²) in [5.74, 6) is -1.97. The monoisotopic (exact) mass is 355 g/mol. The molecule has 0 N–H and O–H groups in total. The van der Waals surface area contributed by atoms with Crippen molar-refractivity contribution in [3.63, 3.8) is 0 Å². The summed E-state index contributed by atoms with van der Waals surface area (Å²) in [6.07, 6.45) is -3.85. The molecule has 0 atom stereocenters. The molecular formula is C18H14F5NO. The van der Waals surface area contributed by atoms with E-state index in [2.05, 4.69) is 0 Å². The molecule has 25 heavy (non-hydrogen) atoms. The molecule has 7 heteroatoms. The van der Waals surface area contributed by atoms with Crippen LogP contribution < -0.4 is 0 Å². The van der Waals surface area contributed by atoms with Crippen LogP contribution in [0.2, 0.25) is 0 Å². The lowest BCUT2D eigenvalue weighted by Crippen LogP contribution is -2.50. The zero-order chi connectivity index (χ0) is 18.2. The maximum atomic E-state index is 13.6. The van der Waals surface area contributed by atoms with Crippen molar-refractivity contribution in [2.75, 3.05) is 13.1 Å². The molecule has 1 amide bonds. The molecule has 0 saturated carbocycles. The normalized spacial score (nSPS) is 15.2. The van der Waals surface area contributed by atoms with Gasteiger partial charge in [-0.25, -0.2) is 8.78 Å². The van der Waals surface area contributed by atoms with E-state index in [9.17, 15) is 26.7 Å². The Labute approximate surface area is 140 Å². The van der Waals surface area contributed by atoms with Gasteiger partial charge in [-0.15, -0.1) is 0 Å². The molecule has 0 aromatic heterocycles. The van der Waals surface area contributed by atoms with Crippen LogP contribution in [0.5, 0.6) is 0 Å². The summed E-state index contributed by atoms with van der Waals surface area (Å²) in [7, 11) is 0. The second kappa shape index (κ2) is 6.46. The highest BCUT2D eigenvalue weighted by Gasteiger charge is 2.33. The number of hydrogen-bond donors (Lipinski definition) is 0. The second-order valence-electron chi connectivity index (χ2n) is 6.10. The van der Waals surface area contributed by atoms with E-state index in [1.54, 1.807) is 0 Å². The van der Waals surface area contributed by atoms with Crippen molar-refractivity contribution in [2.24, 2.45) is 5.92 Å². The lowest BCUT2D eigenvalue weighted by molar-refractivity contribution is -0.137. The standard InChI is InChI=1S/C18H14F5NO/c19-14-5-6-16(20)15(8-14)17(25)24-9-12(10-24)7-11-1-3-13(4-2-11)18(21,22)23/h1-6,8,12H,7,9-10H2. The molecule has 2 nitrogen and oxygen atoms in total. The van der Waals surface area contributed by atoms with Gasteiger partial charge < -0.3 is 4.90 Å². The molecule has 0 unspecified atom stereocenters. The molecule has 1 saturated heterocycles. The number of hydrogen-bond acceptors (Lipinski definition) is 1. The van der Waals surface area contributed by atoms with E-state index < -0.39 is 29.3 Å². The van der Waals surface area contributed by atoms with E-state index in [4.69, 9.17) is 0 Å². The summed E-state index contributed by atoms with van der Waals surface area (Å²) in [6, 6.07) is 7.59. The van der Waals surface area contributed by atoms with Crippen LogP contribution in [0.15, 0.2) is 42.5 Å². The van der Waals surface area contributed by atoms with E-state index >= 15 is 0 Å². The van der Waals surface area contributed by atoms with E-state index in [0.29, 0.717) is 19.5 Å². The second-order valence-corrected chi connectivity index (χ2v) is 6.10. The quantitative estimate of drug-likeness (QED) is 0.752. The minimum Gasteiger partial charge on any atom is -0.338 e. The molecule has 0 radical (unpaired) electrons. The van der Waals surface area contributed by atoms with Gasteiger partial charge in [0.15, 0.2) is 0 Å². The van der Waals surface area contributed by atoms with Crippen molar-refractivity contribution in [3.05, 3.63) is 70.8 Å². The summed E-state index contributed by atoms with van der Waals surface area (Å²) >= 11 is 0. The molecular weight excluding hydrogens is 341 g/mol. The number of benzene rings is 2. The van der Waals surface area contributed by atoms with Gasteiger partial charge >= 0.3 is 6.18 Å². The molecule has 1 heterocycles. The zero-order valence-electron chi connectivity index (χ0n) is 13.0. The van der Waals surface area contributed by atoms with Gasteiger partial charge in [0.1, 0.15) is 11.6 Å². The Hall–Kier alpha value is -2.44. The highest BCUT2D eigenvalue weighted by Crippen LogP contribution is 2.30. The van der Waals surface area contributed by atoms with Crippen LogP contribution in [0.1, 0.15) is 21.5 Å². The molecule has 2 aromatic carbocycles. The van der Waals surface area contributed by atoms with Crippen LogP contribution in [0.4, 0.5) is 22.0 Å². The first-order valence-electron chi connectivity index (χ1n) is 7.64. The number of amides is 1. The highest BCUT2D eigenvalue weighted by atomic mass is 19.4. The first kappa shape index (κ1) is 17.4. The number of carbonyl (C=O) groups is 1. The average molecular weight is 355 g/mol. The van der Waals surface area contributed by atoms with Crippen LogP contribution in [-0.4, -0.2) is 23.9 Å². The molecule has 132 valence electrons. The van der Waals surface area contributed by atoms with Crippen molar-refractivity contribution in [2.45, 2.75) is 12.6 Å². The third-order valence-electron chi connectivity index (χ3n) is 4.21. The minimum absolute atomic E-state index is 0.0808. The Morgan fingerprint density at radius 3 is 2.28 bits per heavy atom. The minimum atomic E-state index is -4.37.